The highest BCUT2D eigenvalue weighted by molar-refractivity contribution is 7.89. The second-order valence-corrected chi connectivity index (χ2v) is 11.6. The second-order valence-electron chi connectivity index (χ2n) is 9.65. The number of sulfonamides is 1. The van der Waals surface area contributed by atoms with Gasteiger partial charge in [-0.05, 0) is 57.4 Å². The van der Waals surface area contributed by atoms with Gasteiger partial charge in [0.1, 0.15) is 17.8 Å². The molecule has 4 amide bonds. The van der Waals surface area contributed by atoms with Crippen molar-refractivity contribution < 1.29 is 27.5 Å². The van der Waals surface area contributed by atoms with Gasteiger partial charge >= 0.3 is 6.03 Å². The fourth-order valence-electron chi connectivity index (χ4n) is 4.52. The van der Waals surface area contributed by atoms with E-state index in [2.05, 4.69) is 10.6 Å². The van der Waals surface area contributed by atoms with E-state index in [0.717, 1.165) is 24.2 Å². The molecule has 2 saturated heterocycles. The van der Waals surface area contributed by atoms with Crippen LogP contribution in [0.5, 0.6) is 5.75 Å². The van der Waals surface area contributed by atoms with E-state index in [1.165, 1.54) is 22.5 Å². The second kappa shape index (κ2) is 10.5. The van der Waals surface area contributed by atoms with Crippen LogP contribution in [0.4, 0.5) is 10.5 Å². The van der Waals surface area contributed by atoms with Gasteiger partial charge in [-0.3, -0.25) is 14.5 Å². The molecule has 0 aliphatic carbocycles. The lowest BCUT2D eigenvalue weighted by molar-refractivity contribution is -0.133. The van der Waals surface area contributed by atoms with Crippen LogP contribution < -0.4 is 15.4 Å². The first-order chi connectivity index (χ1) is 17.5. The lowest BCUT2D eigenvalue weighted by atomic mass is 9.92. The number of urea groups is 1. The first-order valence-corrected chi connectivity index (χ1v) is 13.8. The van der Waals surface area contributed by atoms with Gasteiger partial charge in [0, 0.05) is 13.1 Å². The molecule has 2 aliphatic heterocycles. The third-order valence-electron chi connectivity index (χ3n) is 6.47. The van der Waals surface area contributed by atoms with Crippen LogP contribution in [0, 0.1) is 0 Å². The molecular weight excluding hydrogens is 496 g/mol. The van der Waals surface area contributed by atoms with E-state index in [1.807, 2.05) is 13.8 Å². The smallest absolute Gasteiger partial charge is 0.325 e. The Hall–Kier alpha value is -3.44. The molecule has 37 heavy (non-hydrogen) atoms. The number of carbonyl (C=O) groups excluding carboxylic acids is 3. The van der Waals surface area contributed by atoms with E-state index in [0.29, 0.717) is 18.7 Å². The summed E-state index contributed by atoms with van der Waals surface area (Å²) in [5, 5.41) is 5.31. The Morgan fingerprint density at radius 1 is 1.08 bits per heavy atom. The van der Waals surface area contributed by atoms with Crippen molar-refractivity contribution in [3.63, 3.8) is 0 Å². The van der Waals surface area contributed by atoms with Crippen molar-refractivity contribution in [2.24, 2.45) is 0 Å². The Balaban J connectivity index is 1.56. The summed E-state index contributed by atoms with van der Waals surface area (Å²) in [6, 6.07) is 12.4. The molecule has 0 unspecified atom stereocenters. The number of benzene rings is 2. The van der Waals surface area contributed by atoms with E-state index in [-0.39, 0.29) is 22.4 Å². The molecule has 0 radical (unpaired) electrons. The van der Waals surface area contributed by atoms with Crippen LogP contribution in [0.3, 0.4) is 0 Å². The zero-order valence-corrected chi connectivity index (χ0v) is 22.0. The number of imide groups is 1. The fraction of sp³-hybridized carbons (Fsp3) is 0.423. The minimum atomic E-state index is -3.75. The maximum Gasteiger partial charge on any atom is 0.325 e. The highest BCUT2D eigenvalue weighted by atomic mass is 32.2. The number of hydrogen-bond donors (Lipinski definition) is 2. The number of nitrogens with zero attached hydrogens (tertiary/aromatic N) is 2. The molecule has 4 rings (SSSR count). The van der Waals surface area contributed by atoms with Crippen LogP contribution >= 0.6 is 0 Å². The number of hydrogen-bond acceptors (Lipinski definition) is 6. The Labute approximate surface area is 217 Å². The topological polar surface area (TPSA) is 125 Å². The molecule has 2 heterocycles. The van der Waals surface area contributed by atoms with Gasteiger partial charge in [0.25, 0.3) is 5.91 Å². The van der Waals surface area contributed by atoms with Gasteiger partial charge in [-0.1, -0.05) is 36.8 Å². The van der Waals surface area contributed by atoms with Crippen molar-refractivity contribution >= 4 is 33.6 Å². The minimum Gasteiger partial charge on any atom is -0.489 e. The summed E-state index contributed by atoms with van der Waals surface area (Å²) in [5.74, 6) is -0.937. The molecule has 0 bridgehead atoms. The molecular formula is C26H32N4O6S. The molecule has 2 aromatic carbocycles. The number of rotatable bonds is 8. The lowest BCUT2D eigenvalue weighted by Gasteiger charge is -2.26. The Kier molecular flexibility index (Phi) is 7.56. The molecule has 2 aliphatic rings. The predicted molar refractivity (Wildman–Crippen MR) is 137 cm³/mol. The average molecular weight is 529 g/mol. The highest BCUT2D eigenvalue weighted by Gasteiger charge is 2.49. The number of ether oxygens (including phenoxy) is 1. The molecule has 2 fully saturated rings. The van der Waals surface area contributed by atoms with E-state index in [9.17, 15) is 22.8 Å². The van der Waals surface area contributed by atoms with Crippen LogP contribution in [0.15, 0.2) is 53.4 Å². The fourth-order valence-corrected chi connectivity index (χ4v) is 6.06. The monoisotopic (exact) mass is 528 g/mol. The summed E-state index contributed by atoms with van der Waals surface area (Å²) in [6.45, 7) is 5.55. The number of piperidine rings is 1. The molecule has 0 aromatic heterocycles. The first kappa shape index (κ1) is 26.6. The summed E-state index contributed by atoms with van der Waals surface area (Å²) < 4.78 is 33.6. The van der Waals surface area contributed by atoms with E-state index < -0.39 is 40.0 Å². The molecule has 0 saturated carbocycles. The van der Waals surface area contributed by atoms with Gasteiger partial charge < -0.3 is 15.4 Å². The highest BCUT2D eigenvalue weighted by Crippen LogP contribution is 2.32. The third kappa shape index (κ3) is 5.47. The number of anilines is 1. The number of carbonyl (C=O) groups is 3. The zero-order chi connectivity index (χ0) is 26.8. The standard InChI is InChI=1S/C26H32N4O6S/c1-18(2)36-22-13-12-20(37(34,35)29-14-8-5-9-15-29)16-21(22)27-23(31)17-30-24(32)26(3,28-25(30)33)19-10-6-4-7-11-19/h4,6-7,10-13,16,18H,5,8-9,14-15,17H2,1-3H3,(H,27,31)(H,28,33)/t26-/m0/s1. The normalized spacial score (nSPS) is 20.7. The van der Waals surface area contributed by atoms with Crippen molar-refractivity contribution in [3.8, 4) is 5.75 Å². The van der Waals surface area contributed by atoms with Crippen LogP contribution in [0.2, 0.25) is 0 Å². The van der Waals surface area contributed by atoms with Crippen LogP contribution in [0.25, 0.3) is 0 Å². The Bertz CT molecular complexity index is 1290. The molecule has 10 nitrogen and oxygen atoms in total. The maximum absolute atomic E-state index is 13.2. The van der Waals surface area contributed by atoms with E-state index in [1.54, 1.807) is 37.3 Å². The van der Waals surface area contributed by atoms with Crippen molar-refractivity contribution in [2.45, 2.75) is 56.6 Å². The largest absolute Gasteiger partial charge is 0.489 e. The summed E-state index contributed by atoms with van der Waals surface area (Å²) in [5.41, 5.74) is -0.554. The zero-order valence-electron chi connectivity index (χ0n) is 21.2. The van der Waals surface area contributed by atoms with Gasteiger partial charge in [0.05, 0.1) is 16.7 Å². The van der Waals surface area contributed by atoms with Gasteiger partial charge in [0.2, 0.25) is 15.9 Å². The molecule has 198 valence electrons. The maximum atomic E-state index is 13.2. The van der Waals surface area contributed by atoms with Crippen molar-refractivity contribution in [2.75, 3.05) is 25.0 Å². The minimum absolute atomic E-state index is 0.0347. The van der Waals surface area contributed by atoms with Gasteiger partial charge in [-0.15, -0.1) is 0 Å². The number of amides is 4. The van der Waals surface area contributed by atoms with Gasteiger partial charge in [0.15, 0.2) is 0 Å². The summed E-state index contributed by atoms with van der Waals surface area (Å²) in [6.07, 6.45) is 2.34. The third-order valence-corrected chi connectivity index (χ3v) is 8.36. The number of nitrogens with one attached hydrogen (secondary N) is 2. The van der Waals surface area contributed by atoms with Gasteiger partial charge in [-0.2, -0.15) is 4.31 Å². The Morgan fingerprint density at radius 2 is 1.76 bits per heavy atom. The van der Waals surface area contributed by atoms with Crippen molar-refractivity contribution in [3.05, 3.63) is 54.1 Å². The Morgan fingerprint density at radius 3 is 2.41 bits per heavy atom. The molecule has 2 aromatic rings. The van der Waals surface area contributed by atoms with Crippen LogP contribution in [-0.4, -0.2) is 61.2 Å². The predicted octanol–water partition coefficient (Wildman–Crippen LogP) is 3.05. The van der Waals surface area contributed by atoms with Crippen LogP contribution in [0.1, 0.15) is 45.6 Å². The van der Waals surface area contributed by atoms with E-state index >= 15 is 0 Å². The summed E-state index contributed by atoms with van der Waals surface area (Å²) in [4.78, 5) is 39.7. The molecule has 2 N–H and O–H groups in total. The van der Waals surface area contributed by atoms with Gasteiger partial charge in [-0.25, -0.2) is 13.2 Å². The SMILES string of the molecule is CC(C)Oc1ccc(S(=O)(=O)N2CCCCC2)cc1NC(=O)CN1C(=O)N[C@@](C)(c2ccccc2)C1=O. The summed E-state index contributed by atoms with van der Waals surface area (Å²) >= 11 is 0. The summed E-state index contributed by atoms with van der Waals surface area (Å²) in [7, 11) is -3.75. The molecule has 0 spiro atoms. The first-order valence-electron chi connectivity index (χ1n) is 12.3. The quantitative estimate of drug-likeness (QED) is 0.508. The van der Waals surface area contributed by atoms with Crippen molar-refractivity contribution in [1.29, 1.82) is 0 Å². The van der Waals surface area contributed by atoms with E-state index in [4.69, 9.17) is 4.74 Å². The van der Waals surface area contributed by atoms with Crippen molar-refractivity contribution in [1.82, 2.24) is 14.5 Å². The molecule has 11 heteroatoms. The lowest BCUT2D eigenvalue weighted by Crippen LogP contribution is -2.42. The average Bonchev–Trinajstić information content (AvgIpc) is 3.09. The molecule has 1 atom stereocenters. The van der Waals surface area contributed by atoms with Crippen LogP contribution in [-0.2, 0) is 25.2 Å².